The minimum Gasteiger partial charge on any atom is -0.497 e. The van der Waals surface area contributed by atoms with Crippen molar-refractivity contribution in [2.75, 3.05) is 13.7 Å². The van der Waals surface area contributed by atoms with Crippen LogP contribution in [-0.4, -0.2) is 34.6 Å². The summed E-state index contributed by atoms with van der Waals surface area (Å²) in [6.45, 7) is 3.28. The van der Waals surface area contributed by atoms with Gasteiger partial charge in [-0.3, -0.25) is 4.79 Å². The summed E-state index contributed by atoms with van der Waals surface area (Å²) in [5.74, 6) is 2.49. The maximum Gasteiger partial charge on any atom is 0.231 e. The first-order valence-electron chi connectivity index (χ1n) is 8.42. The molecule has 0 unspecified atom stereocenters. The molecule has 1 aliphatic heterocycles. The van der Waals surface area contributed by atoms with Crippen LogP contribution in [-0.2, 0) is 17.8 Å². The maximum atomic E-state index is 12.3. The Balaban J connectivity index is 1.69. The third-order valence-corrected chi connectivity index (χ3v) is 4.31. The van der Waals surface area contributed by atoms with Gasteiger partial charge in [0.05, 0.1) is 13.0 Å². The summed E-state index contributed by atoms with van der Waals surface area (Å²) in [7, 11) is 1.64. The molecule has 6 nitrogen and oxygen atoms in total. The van der Waals surface area contributed by atoms with Gasteiger partial charge in [0.1, 0.15) is 5.75 Å². The molecular formula is C18H23N3O3. The van der Waals surface area contributed by atoms with Crippen molar-refractivity contribution in [2.45, 2.75) is 45.1 Å². The Hall–Kier alpha value is -2.37. The maximum absolute atomic E-state index is 12.3. The van der Waals surface area contributed by atoms with Crippen molar-refractivity contribution in [3.63, 3.8) is 0 Å². The standard InChI is InChI=1S/C18H23N3O3/c1-3-5-16-19-18(24-20-16)14-8-9-17(22)21(12-14)11-13-6-4-7-15(10-13)23-2/h4,6-7,10,14H,3,5,8-9,11-12H2,1-2H3/t14-/m1/s1. The zero-order valence-corrected chi connectivity index (χ0v) is 14.2. The van der Waals surface area contributed by atoms with Gasteiger partial charge in [0.15, 0.2) is 5.82 Å². The lowest BCUT2D eigenvalue weighted by atomic mass is 9.97. The Morgan fingerprint density at radius 2 is 2.29 bits per heavy atom. The zero-order valence-electron chi connectivity index (χ0n) is 14.2. The first-order chi connectivity index (χ1) is 11.7. The number of likely N-dealkylation sites (tertiary alicyclic amines) is 1. The Morgan fingerprint density at radius 3 is 3.08 bits per heavy atom. The van der Waals surface area contributed by atoms with E-state index < -0.39 is 0 Å². The SMILES string of the molecule is CCCc1noc([C@@H]2CCC(=O)N(Cc3cccc(OC)c3)C2)n1. The largest absolute Gasteiger partial charge is 0.497 e. The topological polar surface area (TPSA) is 68.5 Å². The van der Waals surface area contributed by atoms with Crippen LogP contribution in [0.4, 0.5) is 0 Å². The lowest BCUT2D eigenvalue weighted by Crippen LogP contribution is -2.38. The number of carbonyl (C=O) groups excluding carboxylic acids is 1. The quantitative estimate of drug-likeness (QED) is 0.815. The molecule has 1 aromatic carbocycles. The molecular weight excluding hydrogens is 306 g/mol. The van der Waals surface area contributed by atoms with Crippen LogP contribution in [0.25, 0.3) is 0 Å². The highest BCUT2D eigenvalue weighted by Crippen LogP contribution is 2.28. The number of nitrogens with zero attached hydrogens (tertiary/aromatic N) is 3. The van der Waals surface area contributed by atoms with Gasteiger partial charge in [0, 0.05) is 25.9 Å². The van der Waals surface area contributed by atoms with Crippen molar-refractivity contribution in [1.29, 1.82) is 0 Å². The molecule has 6 heteroatoms. The van der Waals surface area contributed by atoms with E-state index in [9.17, 15) is 4.79 Å². The van der Waals surface area contributed by atoms with Crippen LogP contribution in [0.15, 0.2) is 28.8 Å². The molecule has 2 aromatic rings. The third kappa shape index (κ3) is 3.75. The summed E-state index contributed by atoms with van der Waals surface area (Å²) in [6, 6.07) is 7.81. The van der Waals surface area contributed by atoms with Crippen LogP contribution in [0.5, 0.6) is 5.75 Å². The summed E-state index contributed by atoms with van der Waals surface area (Å²) >= 11 is 0. The Kier molecular flexibility index (Phi) is 5.13. The highest BCUT2D eigenvalue weighted by molar-refractivity contribution is 5.77. The molecule has 1 atom stereocenters. The smallest absolute Gasteiger partial charge is 0.231 e. The summed E-state index contributed by atoms with van der Waals surface area (Å²) < 4.78 is 10.7. The Bertz CT molecular complexity index is 698. The molecule has 0 bridgehead atoms. The Labute approximate surface area is 141 Å². The van der Waals surface area contributed by atoms with Crippen LogP contribution in [0.1, 0.15) is 49.4 Å². The molecule has 1 amide bonds. The number of hydrogen-bond acceptors (Lipinski definition) is 5. The van der Waals surface area contributed by atoms with E-state index >= 15 is 0 Å². The number of hydrogen-bond donors (Lipinski definition) is 0. The lowest BCUT2D eigenvalue weighted by molar-refractivity contribution is -0.134. The van der Waals surface area contributed by atoms with Gasteiger partial charge in [-0.15, -0.1) is 0 Å². The van der Waals surface area contributed by atoms with Gasteiger partial charge in [-0.25, -0.2) is 0 Å². The number of aromatic nitrogens is 2. The van der Waals surface area contributed by atoms with E-state index in [-0.39, 0.29) is 11.8 Å². The van der Waals surface area contributed by atoms with E-state index in [1.54, 1.807) is 7.11 Å². The fraction of sp³-hybridized carbons (Fsp3) is 0.500. The van der Waals surface area contributed by atoms with Crippen LogP contribution in [0.2, 0.25) is 0 Å². The molecule has 1 aliphatic rings. The van der Waals surface area contributed by atoms with E-state index in [2.05, 4.69) is 17.1 Å². The summed E-state index contributed by atoms with van der Waals surface area (Å²) in [6.07, 6.45) is 3.09. The number of benzene rings is 1. The second-order valence-corrected chi connectivity index (χ2v) is 6.16. The van der Waals surface area contributed by atoms with Crippen LogP contribution in [0.3, 0.4) is 0 Å². The number of ether oxygens (including phenoxy) is 1. The van der Waals surface area contributed by atoms with Gasteiger partial charge in [0.2, 0.25) is 11.8 Å². The average Bonchev–Trinajstić information content (AvgIpc) is 3.06. The summed E-state index contributed by atoms with van der Waals surface area (Å²) in [5, 5.41) is 4.03. The van der Waals surface area contributed by atoms with Gasteiger partial charge in [-0.2, -0.15) is 4.98 Å². The van der Waals surface area contributed by atoms with Crippen molar-refractivity contribution in [3.8, 4) is 5.75 Å². The van der Waals surface area contributed by atoms with Gasteiger partial charge >= 0.3 is 0 Å². The number of piperidine rings is 1. The molecule has 3 rings (SSSR count). The number of aryl methyl sites for hydroxylation is 1. The molecule has 0 radical (unpaired) electrons. The zero-order chi connectivity index (χ0) is 16.9. The number of carbonyl (C=O) groups is 1. The number of methoxy groups -OCH3 is 1. The van der Waals surface area contributed by atoms with E-state index in [1.807, 2.05) is 29.2 Å². The fourth-order valence-electron chi connectivity index (χ4n) is 3.02. The van der Waals surface area contributed by atoms with Crippen molar-refractivity contribution in [1.82, 2.24) is 15.0 Å². The molecule has 0 spiro atoms. The van der Waals surface area contributed by atoms with Crippen molar-refractivity contribution in [3.05, 3.63) is 41.5 Å². The molecule has 2 heterocycles. The van der Waals surface area contributed by atoms with E-state index in [4.69, 9.17) is 9.26 Å². The third-order valence-electron chi connectivity index (χ3n) is 4.31. The highest BCUT2D eigenvalue weighted by atomic mass is 16.5. The number of rotatable bonds is 6. The second kappa shape index (κ2) is 7.47. The first-order valence-corrected chi connectivity index (χ1v) is 8.42. The molecule has 24 heavy (non-hydrogen) atoms. The molecule has 0 saturated carbocycles. The van der Waals surface area contributed by atoms with Crippen LogP contribution < -0.4 is 4.74 Å². The fourth-order valence-corrected chi connectivity index (χ4v) is 3.02. The minimum atomic E-state index is 0.117. The molecule has 0 aliphatic carbocycles. The highest BCUT2D eigenvalue weighted by Gasteiger charge is 2.30. The van der Waals surface area contributed by atoms with Crippen LogP contribution >= 0.6 is 0 Å². The Morgan fingerprint density at radius 1 is 1.42 bits per heavy atom. The van der Waals surface area contributed by atoms with Crippen molar-refractivity contribution >= 4 is 5.91 Å². The molecule has 0 N–H and O–H groups in total. The number of amides is 1. The lowest BCUT2D eigenvalue weighted by Gasteiger charge is -2.31. The summed E-state index contributed by atoms with van der Waals surface area (Å²) in [5.41, 5.74) is 1.06. The van der Waals surface area contributed by atoms with Crippen molar-refractivity contribution in [2.24, 2.45) is 0 Å². The molecule has 1 aromatic heterocycles. The average molecular weight is 329 g/mol. The molecule has 128 valence electrons. The molecule has 1 fully saturated rings. The summed E-state index contributed by atoms with van der Waals surface area (Å²) in [4.78, 5) is 18.6. The second-order valence-electron chi connectivity index (χ2n) is 6.16. The van der Waals surface area contributed by atoms with E-state index in [0.29, 0.717) is 25.4 Å². The van der Waals surface area contributed by atoms with E-state index in [1.165, 1.54) is 0 Å². The van der Waals surface area contributed by atoms with Gasteiger partial charge in [-0.05, 0) is 30.5 Å². The first kappa shape index (κ1) is 16.5. The predicted molar refractivity (Wildman–Crippen MR) is 88.7 cm³/mol. The van der Waals surface area contributed by atoms with Gasteiger partial charge < -0.3 is 14.2 Å². The predicted octanol–water partition coefficient (Wildman–Crippen LogP) is 2.94. The minimum absolute atomic E-state index is 0.117. The van der Waals surface area contributed by atoms with E-state index in [0.717, 1.165) is 36.4 Å². The molecule has 1 saturated heterocycles. The van der Waals surface area contributed by atoms with Gasteiger partial charge in [0.25, 0.3) is 0 Å². The van der Waals surface area contributed by atoms with Crippen LogP contribution in [0, 0.1) is 0 Å². The van der Waals surface area contributed by atoms with Crippen molar-refractivity contribution < 1.29 is 14.1 Å². The monoisotopic (exact) mass is 329 g/mol. The van der Waals surface area contributed by atoms with Gasteiger partial charge in [-0.1, -0.05) is 24.2 Å². The normalized spacial score (nSPS) is 18.0.